The van der Waals surface area contributed by atoms with Crippen molar-refractivity contribution in [1.29, 1.82) is 0 Å². The van der Waals surface area contributed by atoms with Crippen LogP contribution in [0.5, 0.6) is 0 Å². The van der Waals surface area contributed by atoms with Gasteiger partial charge in [0.15, 0.2) is 0 Å². The predicted octanol–water partition coefficient (Wildman–Crippen LogP) is 3.92. The normalized spacial score (nSPS) is 15.5. The van der Waals surface area contributed by atoms with Crippen LogP contribution in [0.4, 0.5) is 5.69 Å². The van der Waals surface area contributed by atoms with Gasteiger partial charge in [0.1, 0.15) is 12.1 Å². The van der Waals surface area contributed by atoms with E-state index in [2.05, 4.69) is 5.32 Å². The number of amides is 2. The molecule has 5 N–H and O–H groups in total. The van der Waals surface area contributed by atoms with Crippen molar-refractivity contribution in [1.82, 2.24) is 4.90 Å². The zero-order chi connectivity index (χ0) is 27.2. The van der Waals surface area contributed by atoms with Gasteiger partial charge in [-0.1, -0.05) is 59.2 Å². The lowest BCUT2D eigenvalue weighted by Gasteiger charge is -2.18. The number of carbonyl (C=O) groups is 4. The van der Waals surface area contributed by atoms with Crippen molar-refractivity contribution >= 4 is 81.3 Å². The van der Waals surface area contributed by atoms with Crippen LogP contribution in [-0.4, -0.2) is 62.4 Å². The topological polar surface area (TPSA) is 150 Å². The van der Waals surface area contributed by atoms with E-state index in [1.807, 2.05) is 0 Å². The molecule has 2 atom stereocenters. The van der Waals surface area contributed by atoms with Crippen molar-refractivity contribution in [2.45, 2.75) is 31.8 Å². The second kappa shape index (κ2) is 13.0. The van der Waals surface area contributed by atoms with E-state index >= 15 is 0 Å². The van der Waals surface area contributed by atoms with Crippen molar-refractivity contribution in [3.05, 3.63) is 62.6 Å². The number of carboxylic acid groups (broad SMARTS) is 2. The maximum Gasteiger partial charge on any atom is 0.326 e. The second-order valence-corrected chi connectivity index (χ2v) is 9.62. The third-order valence-electron chi connectivity index (χ3n) is 5.05. The Kier molecular flexibility index (Phi) is 10.6. The SMILES string of the molecule is CC(=O)N1CC(=S)C[C@H]1C(=O)O.N[C@@H](Cc1ccc(NC(=O)c2c(Cl)cc(Cl)cc2Cl)cc1)C(=O)O. The smallest absolute Gasteiger partial charge is 0.326 e. The molecular formula is C23H22Cl3N3O6S. The number of benzene rings is 2. The predicted molar refractivity (Wildman–Crippen MR) is 141 cm³/mol. The number of thiocarbonyl (C=S) groups is 1. The molecular weight excluding hydrogens is 553 g/mol. The van der Waals surface area contributed by atoms with E-state index in [9.17, 15) is 19.2 Å². The van der Waals surface area contributed by atoms with Crippen LogP contribution < -0.4 is 11.1 Å². The molecule has 9 nitrogen and oxygen atoms in total. The number of hydrogen-bond donors (Lipinski definition) is 4. The van der Waals surface area contributed by atoms with Gasteiger partial charge in [0.25, 0.3) is 5.91 Å². The monoisotopic (exact) mass is 573 g/mol. The first-order valence-corrected chi connectivity index (χ1v) is 11.9. The van der Waals surface area contributed by atoms with Gasteiger partial charge in [-0.15, -0.1) is 0 Å². The average molecular weight is 575 g/mol. The van der Waals surface area contributed by atoms with Gasteiger partial charge in [-0.25, -0.2) is 4.79 Å². The van der Waals surface area contributed by atoms with E-state index in [1.165, 1.54) is 24.0 Å². The van der Waals surface area contributed by atoms with Gasteiger partial charge in [-0.05, 0) is 36.2 Å². The average Bonchev–Trinajstić information content (AvgIpc) is 3.17. The highest BCUT2D eigenvalue weighted by molar-refractivity contribution is 7.80. The van der Waals surface area contributed by atoms with E-state index in [1.54, 1.807) is 24.3 Å². The zero-order valence-corrected chi connectivity index (χ0v) is 21.9. The number of anilines is 1. The molecule has 0 aliphatic carbocycles. The number of halogens is 3. The summed E-state index contributed by atoms with van der Waals surface area (Å²) in [6.07, 6.45) is 0.503. The van der Waals surface area contributed by atoms with Crippen molar-refractivity contribution in [3.63, 3.8) is 0 Å². The molecule has 2 aromatic rings. The molecule has 0 unspecified atom stereocenters. The lowest BCUT2D eigenvalue weighted by Crippen LogP contribution is -2.39. The number of nitrogens with zero attached hydrogens (tertiary/aromatic N) is 1. The standard InChI is InChI=1S/C16H13Cl3N2O3.C7H9NO3S/c17-9-6-11(18)14(12(19)7-9)15(22)21-10-3-1-8(2-4-10)5-13(20)16(23)24;1-4(9)8-3-5(12)2-6(8)7(10)11/h1-4,6-7,13H,5,20H2,(H,21,22)(H,23,24);6H,2-3H2,1H3,(H,10,11)/t13-;6-/m00/s1. The first kappa shape index (κ1) is 29.5. The summed E-state index contributed by atoms with van der Waals surface area (Å²) in [5.74, 6) is -2.76. The minimum Gasteiger partial charge on any atom is -0.480 e. The largest absolute Gasteiger partial charge is 0.480 e. The first-order valence-electron chi connectivity index (χ1n) is 10.3. The Morgan fingerprint density at radius 1 is 1.11 bits per heavy atom. The highest BCUT2D eigenvalue weighted by Crippen LogP contribution is 2.29. The number of nitrogens with one attached hydrogen (secondary N) is 1. The lowest BCUT2D eigenvalue weighted by molar-refractivity contribution is -0.147. The Bertz CT molecular complexity index is 1150. The van der Waals surface area contributed by atoms with Gasteiger partial charge < -0.3 is 26.2 Å². The van der Waals surface area contributed by atoms with Crippen molar-refractivity contribution < 1.29 is 29.4 Å². The molecule has 2 amide bonds. The number of rotatable bonds is 6. The summed E-state index contributed by atoms with van der Waals surface area (Å²) in [7, 11) is 0. The van der Waals surface area contributed by atoms with Gasteiger partial charge in [0.05, 0.1) is 22.2 Å². The fourth-order valence-corrected chi connectivity index (χ4v) is 4.55. The molecule has 1 aliphatic heterocycles. The summed E-state index contributed by atoms with van der Waals surface area (Å²) in [6, 6.07) is 7.79. The highest BCUT2D eigenvalue weighted by atomic mass is 35.5. The number of likely N-dealkylation sites (tertiary alicyclic amines) is 1. The Balaban J connectivity index is 0.000000319. The number of nitrogens with two attached hydrogens (primary N) is 1. The molecule has 1 fully saturated rings. The van der Waals surface area contributed by atoms with Gasteiger partial charge in [0.2, 0.25) is 5.91 Å². The van der Waals surface area contributed by atoms with Crippen molar-refractivity contribution in [2.24, 2.45) is 5.73 Å². The third kappa shape index (κ3) is 8.14. The van der Waals surface area contributed by atoms with Gasteiger partial charge >= 0.3 is 11.9 Å². The summed E-state index contributed by atoms with van der Waals surface area (Å²) in [5.41, 5.74) is 6.85. The lowest BCUT2D eigenvalue weighted by atomic mass is 10.1. The van der Waals surface area contributed by atoms with Crippen LogP contribution in [0.2, 0.25) is 15.1 Å². The summed E-state index contributed by atoms with van der Waals surface area (Å²) in [6.45, 7) is 1.66. The number of carbonyl (C=O) groups excluding carboxylic acids is 2. The molecule has 0 bridgehead atoms. The zero-order valence-electron chi connectivity index (χ0n) is 18.8. The van der Waals surface area contributed by atoms with Gasteiger partial charge in [-0.3, -0.25) is 14.4 Å². The quantitative estimate of drug-likeness (QED) is 0.379. The van der Waals surface area contributed by atoms with Crippen LogP contribution in [0.15, 0.2) is 36.4 Å². The fourth-order valence-electron chi connectivity index (χ4n) is 3.26. The molecule has 1 aliphatic rings. The molecule has 0 spiro atoms. The van der Waals surface area contributed by atoms with E-state index < -0.39 is 29.9 Å². The van der Waals surface area contributed by atoms with Crippen molar-refractivity contribution in [2.75, 3.05) is 11.9 Å². The first-order chi connectivity index (χ1) is 16.8. The minimum atomic E-state index is -1.07. The summed E-state index contributed by atoms with van der Waals surface area (Å²) in [4.78, 5) is 46.5. The molecule has 3 rings (SSSR count). The van der Waals surface area contributed by atoms with Crippen LogP contribution in [0.25, 0.3) is 0 Å². The molecule has 13 heteroatoms. The van der Waals surface area contributed by atoms with Gasteiger partial charge in [0, 0.05) is 28.9 Å². The Labute approximate surface area is 227 Å². The van der Waals surface area contributed by atoms with Crippen LogP contribution >= 0.6 is 47.0 Å². The minimum absolute atomic E-state index is 0.125. The Morgan fingerprint density at radius 3 is 2.11 bits per heavy atom. The Morgan fingerprint density at radius 2 is 1.67 bits per heavy atom. The Hall–Kier alpha value is -2.76. The molecule has 36 heavy (non-hydrogen) atoms. The van der Waals surface area contributed by atoms with Crippen LogP contribution in [0.1, 0.15) is 29.3 Å². The number of aliphatic carboxylic acids is 2. The summed E-state index contributed by atoms with van der Waals surface area (Å²) < 4.78 is 0. The third-order valence-corrected chi connectivity index (χ3v) is 6.16. The molecule has 1 heterocycles. The molecule has 192 valence electrons. The van der Waals surface area contributed by atoms with Crippen LogP contribution in [-0.2, 0) is 20.8 Å². The summed E-state index contributed by atoms with van der Waals surface area (Å²) >= 11 is 22.7. The number of carboxylic acids is 2. The summed E-state index contributed by atoms with van der Waals surface area (Å²) in [5, 5.41) is 20.8. The van der Waals surface area contributed by atoms with E-state index in [0.717, 1.165) is 5.56 Å². The maximum atomic E-state index is 12.3. The molecule has 0 radical (unpaired) electrons. The van der Waals surface area contributed by atoms with Crippen LogP contribution in [0.3, 0.4) is 0 Å². The second-order valence-electron chi connectivity index (χ2n) is 7.79. The molecule has 2 aromatic carbocycles. The molecule has 0 saturated carbocycles. The van der Waals surface area contributed by atoms with E-state index in [-0.39, 0.29) is 27.9 Å². The fraction of sp³-hybridized carbons (Fsp3) is 0.261. The van der Waals surface area contributed by atoms with Crippen LogP contribution in [0, 0.1) is 0 Å². The van der Waals surface area contributed by atoms with Crippen molar-refractivity contribution in [3.8, 4) is 0 Å². The van der Waals surface area contributed by atoms with Gasteiger partial charge in [-0.2, -0.15) is 0 Å². The highest BCUT2D eigenvalue weighted by Gasteiger charge is 2.35. The molecule has 0 aromatic heterocycles. The van der Waals surface area contributed by atoms with E-state index in [0.29, 0.717) is 28.5 Å². The maximum absolute atomic E-state index is 12.3. The molecule has 1 saturated heterocycles. The van der Waals surface area contributed by atoms with E-state index in [4.69, 9.17) is 63.0 Å². The number of hydrogen-bond acceptors (Lipinski definition) is 6.